The Kier molecular flexibility index (Phi) is 11.9. The highest BCUT2D eigenvalue weighted by Gasteiger charge is 1.99. The Labute approximate surface area is 140 Å². The minimum absolute atomic E-state index is 0.747. The lowest BCUT2D eigenvalue weighted by Gasteiger charge is -2.08. The number of hydrogen-bond donors (Lipinski definition) is 0. The fourth-order valence-corrected chi connectivity index (χ4v) is 2.28. The van der Waals surface area contributed by atoms with Crippen LogP contribution in [0.1, 0.15) is 87.0 Å². The van der Waals surface area contributed by atoms with Gasteiger partial charge in [0.05, 0.1) is 0 Å². The molecule has 0 amide bonds. The van der Waals surface area contributed by atoms with E-state index in [1.807, 2.05) is 0 Å². The van der Waals surface area contributed by atoms with E-state index in [-0.39, 0.29) is 0 Å². The second-order valence-electron chi connectivity index (χ2n) is 7.32. The van der Waals surface area contributed by atoms with Gasteiger partial charge in [0.1, 0.15) is 0 Å². The fourth-order valence-electron chi connectivity index (χ4n) is 2.28. The van der Waals surface area contributed by atoms with Gasteiger partial charge in [-0.1, -0.05) is 53.5 Å². The zero-order valence-electron chi connectivity index (χ0n) is 16.1. The third kappa shape index (κ3) is 13.9. The summed E-state index contributed by atoms with van der Waals surface area (Å²) >= 11 is 0. The Morgan fingerprint density at radius 3 is 1.32 bits per heavy atom. The van der Waals surface area contributed by atoms with Crippen LogP contribution in [0.2, 0.25) is 0 Å². The zero-order chi connectivity index (χ0) is 17.0. The molecule has 0 unspecified atom stereocenters. The number of rotatable bonds is 10. The van der Waals surface area contributed by atoms with E-state index in [0.29, 0.717) is 0 Å². The molecule has 0 atom stereocenters. The molecular weight excluding hydrogens is 264 g/mol. The van der Waals surface area contributed by atoms with Gasteiger partial charge in [-0.2, -0.15) is 0 Å². The molecule has 0 aliphatic heterocycles. The summed E-state index contributed by atoms with van der Waals surface area (Å²) in [6, 6.07) is 0. The topological polar surface area (TPSA) is 0 Å². The van der Waals surface area contributed by atoms with Crippen LogP contribution < -0.4 is 0 Å². The first-order valence-electron chi connectivity index (χ1n) is 8.89. The van der Waals surface area contributed by atoms with Crippen LogP contribution in [0.15, 0.2) is 46.6 Å². The lowest BCUT2D eigenvalue weighted by molar-refractivity contribution is 0.597. The molecule has 0 aliphatic rings. The Morgan fingerprint density at radius 1 is 0.636 bits per heavy atom. The van der Waals surface area contributed by atoms with Gasteiger partial charge in [-0.3, -0.25) is 0 Å². The summed E-state index contributed by atoms with van der Waals surface area (Å²) < 4.78 is 0. The summed E-state index contributed by atoms with van der Waals surface area (Å²) in [7, 11) is 0. The van der Waals surface area contributed by atoms with Gasteiger partial charge < -0.3 is 0 Å². The maximum Gasteiger partial charge on any atom is -0.0288 e. The molecule has 0 heterocycles. The van der Waals surface area contributed by atoms with Crippen molar-refractivity contribution in [1.82, 2.24) is 0 Å². The van der Waals surface area contributed by atoms with Crippen molar-refractivity contribution < 1.29 is 0 Å². The van der Waals surface area contributed by atoms with Gasteiger partial charge in [0.2, 0.25) is 0 Å². The normalized spacial score (nSPS) is 13.8. The predicted molar refractivity (Wildman–Crippen MR) is 103 cm³/mol. The molecule has 0 saturated carbocycles. The minimum atomic E-state index is 0.747. The molecule has 0 aromatic carbocycles. The van der Waals surface area contributed by atoms with Crippen molar-refractivity contribution in [1.29, 1.82) is 0 Å². The monoisotopic (exact) mass is 302 g/mol. The first-order valence-corrected chi connectivity index (χ1v) is 8.89. The molecule has 0 nitrogen and oxygen atoms in total. The minimum Gasteiger partial charge on any atom is -0.0856 e. The third-order valence-electron chi connectivity index (χ3n) is 3.92. The Bertz CT molecular complexity index is 367. The van der Waals surface area contributed by atoms with E-state index in [1.165, 1.54) is 60.8 Å². The first-order chi connectivity index (χ1) is 10.3. The zero-order valence-corrected chi connectivity index (χ0v) is 16.1. The van der Waals surface area contributed by atoms with E-state index in [1.54, 1.807) is 0 Å². The molecule has 0 aromatic rings. The molecule has 0 N–H and O–H groups in total. The summed E-state index contributed by atoms with van der Waals surface area (Å²) in [5.41, 5.74) is 5.92. The Hall–Kier alpha value is -1.04. The molecule has 0 aromatic heterocycles. The standard InChI is InChI=1S/C22H38/c1-18(2)10-8-12-20(5)14-16-22(7)17-15-21(6)13-9-11-19(3)4/h10-11,14-15,22H,8-9,12-13,16-17H2,1-7H3/b20-14+,21-15+. The van der Waals surface area contributed by atoms with Gasteiger partial charge in [-0.15, -0.1) is 0 Å². The quantitative estimate of drug-likeness (QED) is 0.361. The van der Waals surface area contributed by atoms with Gasteiger partial charge in [0.25, 0.3) is 0 Å². The van der Waals surface area contributed by atoms with Crippen molar-refractivity contribution in [3.8, 4) is 0 Å². The highest BCUT2D eigenvalue weighted by atomic mass is 14.1. The number of allylic oxidation sites excluding steroid dienone is 8. The fraction of sp³-hybridized carbons (Fsp3) is 0.636. The van der Waals surface area contributed by atoms with E-state index in [4.69, 9.17) is 0 Å². The average molecular weight is 303 g/mol. The largest absolute Gasteiger partial charge is 0.0856 e. The highest BCUT2D eigenvalue weighted by molar-refractivity contribution is 5.05. The molecule has 126 valence electrons. The second kappa shape index (κ2) is 12.5. The van der Waals surface area contributed by atoms with Gasteiger partial charge in [-0.25, -0.2) is 0 Å². The summed E-state index contributed by atoms with van der Waals surface area (Å²) in [5, 5.41) is 0. The van der Waals surface area contributed by atoms with Crippen LogP contribution in [0.4, 0.5) is 0 Å². The smallest absolute Gasteiger partial charge is 0.0288 e. The van der Waals surface area contributed by atoms with Crippen LogP contribution in [-0.4, -0.2) is 0 Å². The Balaban J connectivity index is 4.04. The van der Waals surface area contributed by atoms with Crippen LogP contribution in [0, 0.1) is 5.92 Å². The van der Waals surface area contributed by atoms with Gasteiger partial charge in [-0.05, 0) is 86.0 Å². The molecular formula is C22H38. The molecule has 0 aliphatic carbocycles. The van der Waals surface area contributed by atoms with Crippen LogP contribution in [-0.2, 0) is 0 Å². The molecule has 22 heavy (non-hydrogen) atoms. The molecule has 0 saturated heterocycles. The van der Waals surface area contributed by atoms with E-state index in [0.717, 1.165) is 5.92 Å². The maximum absolute atomic E-state index is 2.44. The second-order valence-corrected chi connectivity index (χ2v) is 7.32. The Morgan fingerprint density at radius 2 is 1.00 bits per heavy atom. The maximum atomic E-state index is 2.44. The van der Waals surface area contributed by atoms with Crippen LogP contribution in [0.3, 0.4) is 0 Å². The molecule has 0 rings (SSSR count). The van der Waals surface area contributed by atoms with Crippen molar-refractivity contribution in [3.63, 3.8) is 0 Å². The summed E-state index contributed by atoms with van der Waals surface area (Å²) in [5.74, 6) is 0.747. The van der Waals surface area contributed by atoms with Gasteiger partial charge >= 0.3 is 0 Å². The predicted octanol–water partition coefficient (Wildman–Crippen LogP) is 7.79. The van der Waals surface area contributed by atoms with Crippen LogP contribution in [0.5, 0.6) is 0 Å². The summed E-state index contributed by atoms with van der Waals surface area (Å²) in [6.45, 7) is 15.6. The third-order valence-corrected chi connectivity index (χ3v) is 3.92. The van der Waals surface area contributed by atoms with Gasteiger partial charge in [0, 0.05) is 0 Å². The van der Waals surface area contributed by atoms with Crippen LogP contribution >= 0.6 is 0 Å². The van der Waals surface area contributed by atoms with Crippen LogP contribution in [0.25, 0.3) is 0 Å². The van der Waals surface area contributed by atoms with Crippen molar-refractivity contribution in [2.75, 3.05) is 0 Å². The average Bonchev–Trinajstić information content (AvgIpc) is 2.42. The van der Waals surface area contributed by atoms with Gasteiger partial charge in [0.15, 0.2) is 0 Å². The number of hydrogen-bond acceptors (Lipinski definition) is 0. The highest BCUT2D eigenvalue weighted by Crippen LogP contribution is 2.16. The molecule has 0 bridgehead atoms. The van der Waals surface area contributed by atoms with Crippen molar-refractivity contribution in [2.45, 2.75) is 87.0 Å². The lowest BCUT2D eigenvalue weighted by Crippen LogP contribution is -1.92. The summed E-state index contributed by atoms with van der Waals surface area (Å²) in [6.07, 6.45) is 16.7. The lowest BCUT2D eigenvalue weighted by atomic mass is 9.98. The summed E-state index contributed by atoms with van der Waals surface area (Å²) in [4.78, 5) is 0. The molecule has 0 spiro atoms. The van der Waals surface area contributed by atoms with E-state index < -0.39 is 0 Å². The first kappa shape index (κ1) is 21.0. The van der Waals surface area contributed by atoms with E-state index in [2.05, 4.69) is 72.8 Å². The van der Waals surface area contributed by atoms with Crippen molar-refractivity contribution >= 4 is 0 Å². The van der Waals surface area contributed by atoms with E-state index >= 15 is 0 Å². The van der Waals surface area contributed by atoms with Crippen molar-refractivity contribution in [3.05, 3.63) is 46.6 Å². The molecule has 0 heteroatoms. The molecule has 0 fully saturated rings. The SMILES string of the molecule is CC(C)=CCC/C(C)=C/CC(C)C/C=C(\C)CCC=C(C)C. The van der Waals surface area contributed by atoms with Crippen molar-refractivity contribution in [2.24, 2.45) is 5.92 Å². The van der Waals surface area contributed by atoms with E-state index in [9.17, 15) is 0 Å². The molecule has 0 radical (unpaired) electrons.